The summed E-state index contributed by atoms with van der Waals surface area (Å²) in [6.45, 7) is 0. The predicted molar refractivity (Wildman–Crippen MR) is 128 cm³/mol. The second-order valence-corrected chi connectivity index (χ2v) is 10.2. The molecule has 2 aliphatic carbocycles. The molecule has 2 fully saturated rings. The Balaban J connectivity index is 1.24. The first-order valence-electron chi connectivity index (χ1n) is 12.2. The maximum atomic E-state index is 12.5. The number of rotatable bonds is 5. The van der Waals surface area contributed by atoms with Gasteiger partial charge in [-0.3, -0.25) is 9.36 Å². The molecule has 7 nitrogen and oxygen atoms in total. The van der Waals surface area contributed by atoms with E-state index in [0.29, 0.717) is 23.2 Å². The zero-order valence-corrected chi connectivity index (χ0v) is 19.7. The first-order chi connectivity index (χ1) is 16.6. The molecule has 6 rings (SSSR count). The van der Waals surface area contributed by atoms with E-state index in [9.17, 15) is 4.79 Å². The summed E-state index contributed by atoms with van der Waals surface area (Å²) in [5, 5.41) is 13.2. The molecule has 2 saturated carbocycles. The van der Waals surface area contributed by atoms with Crippen molar-refractivity contribution in [3.63, 3.8) is 0 Å². The molecule has 0 saturated heterocycles. The molecule has 0 spiro atoms. The van der Waals surface area contributed by atoms with Crippen LogP contribution < -0.4 is 10.1 Å². The van der Waals surface area contributed by atoms with Crippen LogP contribution in [0.2, 0.25) is 5.02 Å². The number of carbonyl (C=O) groups is 1. The third-order valence-electron chi connectivity index (χ3n) is 7.19. The Kier molecular flexibility index (Phi) is 5.73. The number of fused-ring (bicyclic) bond motifs is 3. The Labute approximate surface area is 203 Å². The van der Waals surface area contributed by atoms with E-state index in [1.807, 2.05) is 30.3 Å². The molecule has 1 aromatic carbocycles. The standard InChI is InChI=1S/C26H28ClN5O2/c27-19-8-11-22-18(13-19)14-20(29-26(33)17-4-5-17)15-23-30-31-25(32(22)23)16-6-9-21(10-7-16)34-24-3-1-2-12-28-24/h1-3,8,11-13,16-17,20-21H,4-7,9-10,14-15H2,(H,29,33)/t16-,20-,21-/m0/s1. The van der Waals surface area contributed by atoms with Crippen LogP contribution in [0.25, 0.3) is 5.69 Å². The molecule has 1 aliphatic heterocycles. The summed E-state index contributed by atoms with van der Waals surface area (Å²) in [5.41, 5.74) is 2.20. The highest BCUT2D eigenvalue weighted by Crippen LogP contribution is 2.37. The average Bonchev–Trinajstić information content (AvgIpc) is 3.64. The molecule has 1 atom stereocenters. The van der Waals surface area contributed by atoms with Crippen molar-refractivity contribution in [3.05, 3.63) is 64.8 Å². The number of hydrogen-bond acceptors (Lipinski definition) is 5. The third kappa shape index (κ3) is 4.41. The van der Waals surface area contributed by atoms with Crippen molar-refractivity contribution in [2.75, 3.05) is 0 Å². The largest absolute Gasteiger partial charge is 0.474 e. The highest BCUT2D eigenvalue weighted by molar-refractivity contribution is 6.30. The van der Waals surface area contributed by atoms with Crippen LogP contribution in [0.3, 0.4) is 0 Å². The summed E-state index contributed by atoms with van der Waals surface area (Å²) in [7, 11) is 0. The fourth-order valence-corrected chi connectivity index (χ4v) is 5.47. The summed E-state index contributed by atoms with van der Waals surface area (Å²) >= 11 is 6.37. The molecular weight excluding hydrogens is 450 g/mol. The number of pyridine rings is 1. The zero-order chi connectivity index (χ0) is 23.1. The van der Waals surface area contributed by atoms with Crippen LogP contribution in [0.15, 0.2) is 42.6 Å². The lowest BCUT2D eigenvalue weighted by Crippen LogP contribution is -2.38. The van der Waals surface area contributed by atoms with E-state index < -0.39 is 0 Å². The van der Waals surface area contributed by atoms with Gasteiger partial charge in [-0.15, -0.1) is 10.2 Å². The van der Waals surface area contributed by atoms with Gasteiger partial charge in [0.2, 0.25) is 11.8 Å². The molecule has 0 bridgehead atoms. The second kappa shape index (κ2) is 9.02. The first-order valence-corrected chi connectivity index (χ1v) is 12.6. The van der Waals surface area contributed by atoms with Crippen molar-refractivity contribution in [1.29, 1.82) is 0 Å². The number of nitrogens with zero attached hydrogens (tertiary/aromatic N) is 4. The Morgan fingerprint density at radius 2 is 1.88 bits per heavy atom. The van der Waals surface area contributed by atoms with Crippen LogP contribution in [-0.2, 0) is 17.6 Å². The summed E-state index contributed by atoms with van der Waals surface area (Å²) in [6, 6.07) is 11.8. The van der Waals surface area contributed by atoms with E-state index in [2.05, 4.69) is 31.1 Å². The Morgan fingerprint density at radius 3 is 2.65 bits per heavy atom. The van der Waals surface area contributed by atoms with Crippen LogP contribution in [0.5, 0.6) is 5.88 Å². The molecule has 176 valence electrons. The van der Waals surface area contributed by atoms with Gasteiger partial charge in [0.1, 0.15) is 17.8 Å². The maximum Gasteiger partial charge on any atom is 0.223 e. The molecule has 2 aromatic heterocycles. The Morgan fingerprint density at radius 1 is 1.03 bits per heavy atom. The van der Waals surface area contributed by atoms with Gasteiger partial charge in [-0.1, -0.05) is 17.7 Å². The maximum absolute atomic E-state index is 12.5. The lowest BCUT2D eigenvalue weighted by Gasteiger charge is -2.28. The lowest BCUT2D eigenvalue weighted by atomic mass is 9.86. The van der Waals surface area contributed by atoms with Crippen LogP contribution >= 0.6 is 11.6 Å². The monoisotopic (exact) mass is 477 g/mol. The molecule has 1 N–H and O–H groups in total. The van der Waals surface area contributed by atoms with Crippen LogP contribution in [0.4, 0.5) is 0 Å². The summed E-state index contributed by atoms with van der Waals surface area (Å²) in [4.78, 5) is 16.8. The Bertz CT molecular complexity index is 1190. The summed E-state index contributed by atoms with van der Waals surface area (Å²) in [6.07, 6.45) is 9.20. The van der Waals surface area contributed by atoms with Crippen molar-refractivity contribution < 1.29 is 9.53 Å². The van der Waals surface area contributed by atoms with Gasteiger partial charge >= 0.3 is 0 Å². The molecular formula is C26H28ClN5O2. The minimum absolute atomic E-state index is 0.00822. The van der Waals surface area contributed by atoms with Gasteiger partial charge in [0.05, 0.1) is 5.69 Å². The number of halogens is 1. The van der Waals surface area contributed by atoms with Crippen LogP contribution in [-0.4, -0.2) is 37.8 Å². The van der Waals surface area contributed by atoms with Gasteiger partial charge in [0, 0.05) is 41.6 Å². The number of benzene rings is 1. The predicted octanol–water partition coefficient (Wildman–Crippen LogP) is 4.41. The highest BCUT2D eigenvalue weighted by Gasteiger charge is 2.34. The van der Waals surface area contributed by atoms with Gasteiger partial charge in [-0.2, -0.15) is 0 Å². The lowest BCUT2D eigenvalue weighted by molar-refractivity contribution is -0.123. The van der Waals surface area contributed by atoms with Gasteiger partial charge in [0.25, 0.3) is 0 Å². The van der Waals surface area contributed by atoms with E-state index in [4.69, 9.17) is 16.3 Å². The molecule has 1 amide bonds. The van der Waals surface area contributed by atoms with E-state index in [1.165, 1.54) is 0 Å². The SMILES string of the molecule is O=C(N[C@H]1Cc2cc(Cl)ccc2-n2c(nnc2[C@H]2CC[C@H](Oc3ccccn3)CC2)C1)C1CC1. The number of carbonyl (C=O) groups excluding carboxylic acids is 1. The first kappa shape index (κ1) is 21.6. The summed E-state index contributed by atoms with van der Waals surface area (Å²) < 4.78 is 8.31. The van der Waals surface area contributed by atoms with Crippen molar-refractivity contribution in [1.82, 2.24) is 25.1 Å². The van der Waals surface area contributed by atoms with E-state index in [0.717, 1.165) is 67.8 Å². The highest BCUT2D eigenvalue weighted by atomic mass is 35.5. The van der Waals surface area contributed by atoms with Crippen molar-refractivity contribution >= 4 is 17.5 Å². The van der Waals surface area contributed by atoms with E-state index in [1.54, 1.807) is 6.20 Å². The van der Waals surface area contributed by atoms with Crippen LogP contribution in [0.1, 0.15) is 61.7 Å². The van der Waals surface area contributed by atoms with Gasteiger partial charge in [0.15, 0.2) is 0 Å². The second-order valence-electron chi connectivity index (χ2n) is 9.73. The molecule has 0 radical (unpaired) electrons. The number of ether oxygens (including phenoxy) is 1. The molecule has 0 unspecified atom stereocenters. The van der Waals surface area contributed by atoms with Crippen LogP contribution in [0, 0.1) is 5.92 Å². The fraction of sp³-hybridized carbons (Fsp3) is 0.462. The van der Waals surface area contributed by atoms with E-state index >= 15 is 0 Å². The zero-order valence-electron chi connectivity index (χ0n) is 19.0. The fourth-order valence-electron chi connectivity index (χ4n) is 5.28. The minimum atomic E-state index is -0.00822. The van der Waals surface area contributed by atoms with E-state index in [-0.39, 0.29) is 24.0 Å². The normalized spacial score (nSPS) is 24.0. The smallest absolute Gasteiger partial charge is 0.223 e. The number of hydrogen-bond donors (Lipinski definition) is 1. The van der Waals surface area contributed by atoms with Crippen molar-refractivity contribution in [3.8, 4) is 11.6 Å². The van der Waals surface area contributed by atoms with Gasteiger partial charge in [-0.05, 0) is 74.8 Å². The summed E-state index contributed by atoms with van der Waals surface area (Å²) in [5.74, 6) is 3.25. The van der Waals surface area contributed by atoms with Gasteiger partial charge in [-0.25, -0.2) is 4.98 Å². The molecule has 8 heteroatoms. The quantitative estimate of drug-likeness (QED) is 0.588. The van der Waals surface area contributed by atoms with Gasteiger partial charge < -0.3 is 10.1 Å². The van der Waals surface area contributed by atoms with Crippen molar-refractivity contribution in [2.24, 2.45) is 5.92 Å². The van der Waals surface area contributed by atoms with Crippen molar-refractivity contribution in [2.45, 2.75) is 69.4 Å². The molecule has 3 heterocycles. The number of nitrogens with one attached hydrogen (secondary N) is 1. The minimum Gasteiger partial charge on any atom is -0.474 e. The molecule has 3 aromatic rings. The third-order valence-corrected chi connectivity index (χ3v) is 7.43. The molecule has 34 heavy (non-hydrogen) atoms. The number of amides is 1. The Hall–Kier alpha value is -2.93. The number of aromatic nitrogens is 4. The average molecular weight is 478 g/mol. The topological polar surface area (TPSA) is 81.9 Å². The molecule has 3 aliphatic rings.